The van der Waals surface area contributed by atoms with Crippen molar-refractivity contribution in [2.24, 2.45) is 5.92 Å². The summed E-state index contributed by atoms with van der Waals surface area (Å²) in [5, 5.41) is 0. The summed E-state index contributed by atoms with van der Waals surface area (Å²) < 4.78 is 5.45. The molecule has 1 aromatic carbocycles. The van der Waals surface area contributed by atoms with Gasteiger partial charge < -0.3 is 9.64 Å². The van der Waals surface area contributed by atoms with Crippen LogP contribution in [-0.4, -0.2) is 32.6 Å². The van der Waals surface area contributed by atoms with Gasteiger partial charge in [-0.3, -0.25) is 0 Å². The highest BCUT2D eigenvalue weighted by Gasteiger charge is 2.36. The maximum Gasteiger partial charge on any atom is 0.123 e. The summed E-state index contributed by atoms with van der Waals surface area (Å²) in [6, 6.07) is 8.05. The van der Waals surface area contributed by atoms with Gasteiger partial charge in [0.05, 0.1) is 12.0 Å². The molecule has 2 nitrogen and oxygen atoms in total. The minimum absolute atomic E-state index is 0. The van der Waals surface area contributed by atoms with E-state index in [4.69, 9.17) is 16.3 Å². The van der Waals surface area contributed by atoms with Crippen LogP contribution in [0.5, 0.6) is 5.75 Å². The van der Waals surface area contributed by atoms with Crippen molar-refractivity contribution in [3.63, 3.8) is 0 Å². The summed E-state index contributed by atoms with van der Waals surface area (Å²) in [5.41, 5.74) is 1.09. The van der Waals surface area contributed by atoms with Crippen molar-refractivity contribution in [2.45, 2.75) is 25.1 Å². The standard InChI is InChI=1S/C15H24ClNO.ClH/c1-6-15(16,12(2)11-17(3)4)13-9-7-8-10-14(13)18-5;/h7-10,12H,6,11H2,1-5H3;1H. The lowest BCUT2D eigenvalue weighted by molar-refractivity contribution is 0.273. The SMILES string of the molecule is CCC(Cl)(c1ccccc1OC)C(C)CN(C)C.Cl. The lowest BCUT2D eigenvalue weighted by Crippen LogP contribution is -2.34. The van der Waals surface area contributed by atoms with E-state index in [0.29, 0.717) is 5.92 Å². The number of benzene rings is 1. The van der Waals surface area contributed by atoms with E-state index in [2.05, 4.69) is 38.9 Å². The first-order chi connectivity index (χ1) is 8.45. The number of hydrogen-bond acceptors (Lipinski definition) is 2. The fraction of sp³-hybridized carbons (Fsp3) is 0.600. The Morgan fingerprint density at radius 3 is 2.37 bits per heavy atom. The molecule has 19 heavy (non-hydrogen) atoms. The van der Waals surface area contributed by atoms with Gasteiger partial charge >= 0.3 is 0 Å². The third-order valence-electron chi connectivity index (χ3n) is 3.49. The van der Waals surface area contributed by atoms with E-state index < -0.39 is 0 Å². The molecule has 0 spiro atoms. The number of methoxy groups -OCH3 is 1. The van der Waals surface area contributed by atoms with Crippen LogP contribution in [0.1, 0.15) is 25.8 Å². The number of halogens is 2. The summed E-state index contributed by atoms with van der Waals surface area (Å²) >= 11 is 6.92. The Balaban J connectivity index is 0.00000324. The van der Waals surface area contributed by atoms with E-state index in [1.165, 1.54) is 0 Å². The minimum atomic E-state index is -0.378. The third-order valence-corrected chi connectivity index (χ3v) is 4.33. The minimum Gasteiger partial charge on any atom is -0.496 e. The molecule has 110 valence electrons. The number of para-hydroxylation sites is 1. The smallest absolute Gasteiger partial charge is 0.123 e. The highest BCUT2D eigenvalue weighted by molar-refractivity contribution is 6.24. The molecular weight excluding hydrogens is 281 g/mol. The van der Waals surface area contributed by atoms with Gasteiger partial charge in [0.1, 0.15) is 5.75 Å². The maximum atomic E-state index is 6.92. The summed E-state index contributed by atoms with van der Waals surface area (Å²) in [6.45, 7) is 5.28. The highest BCUT2D eigenvalue weighted by atomic mass is 35.5. The first-order valence-electron chi connectivity index (χ1n) is 6.42. The third kappa shape index (κ3) is 4.27. The van der Waals surface area contributed by atoms with Crippen LogP contribution in [0.2, 0.25) is 0 Å². The molecule has 0 saturated heterocycles. The van der Waals surface area contributed by atoms with Crippen LogP contribution < -0.4 is 4.74 Å². The molecule has 0 N–H and O–H groups in total. The lowest BCUT2D eigenvalue weighted by atomic mass is 9.83. The van der Waals surface area contributed by atoms with Crippen molar-refractivity contribution < 1.29 is 4.74 Å². The Bertz CT molecular complexity index is 384. The second-order valence-electron chi connectivity index (χ2n) is 5.08. The number of rotatable bonds is 6. The zero-order chi connectivity index (χ0) is 13.8. The average molecular weight is 306 g/mol. The van der Waals surface area contributed by atoms with Gasteiger partial charge in [-0.05, 0) is 32.5 Å². The van der Waals surface area contributed by atoms with Gasteiger partial charge in [-0.1, -0.05) is 32.0 Å². The van der Waals surface area contributed by atoms with Gasteiger partial charge in [0.15, 0.2) is 0 Å². The first-order valence-corrected chi connectivity index (χ1v) is 6.80. The fourth-order valence-electron chi connectivity index (χ4n) is 2.48. The summed E-state index contributed by atoms with van der Waals surface area (Å²) in [5.74, 6) is 1.22. The molecule has 1 rings (SSSR count). The van der Waals surface area contributed by atoms with Gasteiger partial charge in [-0.15, -0.1) is 24.0 Å². The Morgan fingerprint density at radius 1 is 1.32 bits per heavy atom. The van der Waals surface area contributed by atoms with Crippen LogP contribution in [0.4, 0.5) is 0 Å². The van der Waals surface area contributed by atoms with Crippen LogP contribution in [0.3, 0.4) is 0 Å². The summed E-state index contributed by atoms with van der Waals surface area (Å²) in [4.78, 5) is 1.80. The molecule has 0 amide bonds. The zero-order valence-corrected chi connectivity index (χ0v) is 14.0. The van der Waals surface area contributed by atoms with Gasteiger partial charge in [-0.2, -0.15) is 0 Å². The van der Waals surface area contributed by atoms with Gasteiger partial charge in [0, 0.05) is 12.1 Å². The van der Waals surface area contributed by atoms with Crippen LogP contribution in [0, 0.1) is 5.92 Å². The fourth-order valence-corrected chi connectivity index (χ4v) is 2.71. The monoisotopic (exact) mass is 305 g/mol. The first kappa shape index (κ1) is 18.6. The second kappa shape index (κ2) is 7.98. The summed E-state index contributed by atoms with van der Waals surface area (Å²) in [6.07, 6.45) is 0.879. The average Bonchev–Trinajstić information content (AvgIpc) is 2.36. The molecular formula is C15H25Cl2NO. The van der Waals surface area contributed by atoms with Gasteiger partial charge in [0.25, 0.3) is 0 Å². The molecule has 4 heteroatoms. The van der Waals surface area contributed by atoms with E-state index in [-0.39, 0.29) is 17.3 Å². The van der Waals surface area contributed by atoms with Crippen molar-refractivity contribution in [1.82, 2.24) is 4.90 Å². The largest absolute Gasteiger partial charge is 0.496 e. The van der Waals surface area contributed by atoms with Crippen molar-refractivity contribution in [3.05, 3.63) is 29.8 Å². The Labute approximate surface area is 128 Å². The molecule has 0 bridgehead atoms. The molecule has 0 aliphatic rings. The van der Waals surface area contributed by atoms with Crippen molar-refractivity contribution >= 4 is 24.0 Å². The predicted molar refractivity (Wildman–Crippen MR) is 85.8 cm³/mol. The lowest BCUT2D eigenvalue weighted by Gasteiger charge is -2.35. The van der Waals surface area contributed by atoms with Crippen molar-refractivity contribution in [2.75, 3.05) is 27.7 Å². The van der Waals surface area contributed by atoms with Crippen LogP contribution in [-0.2, 0) is 4.87 Å². The molecule has 0 heterocycles. The predicted octanol–water partition coefficient (Wildman–Crippen LogP) is 4.16. The molecule has 0 aliphatic heterocycles. The Morgan fingerprint density at radius 2 is 1.89 bits per heavy atom. The topological polar surface area (TPSA) is 12.5 Å². The molecule has 0 aliphatic carbocycles. The van der Waals surface area contributed by atoms with Crippen LogP contribution in [0.25, 0.3) is 0 Å². The zero-order valence-electron chi connectivity index (χ0n) is 12.4. The highest BCUT2D eigenvalue weighted by Crippen LogP contribution is 2.44. The second-order valence-corrected chi connectivity index (χ2v) is 5.75. The molecule has 0 radical (unpaired) electrons. The number of hydrogen-bond donors (Lipinski definition) is 0. The van der Waals surface area contributed by atoms with Crippen LogP contribution >= 0.6 is 24.0 Å². The number of ether oxygens (including phenoxy) is 1. The van der Waals surface area contributed by atoms with E-state index in [1.807, 2.05) is 18.2 Å². The Kier molecular flexibility index (Phi) is 7.80. The van der Waals surface area contributed by atoms with Crippen molar-refractivity contribution in [1.29, 1.82) is 0 Å². The number of alkyl halides is 1. The molecule has 2 unspecified atom stereocenters. The molecule has 0 saturated carbocycles. The molecule has 0 aromatic heterocycles. The Hall–Kier alpha value is -0.440. The van der Waals surface area contributed by atoms with Crippen LogP contribution in [0.15, 0.2) is 24.3 Å². The normalized spacial score (nSPS) is 15.5. The van der Waals surface area contributed by atoms with E-state index in [9.17, 15) is 0 Å². The number of nitrogens with zero attached hydrogens (tertiary/aromatic N) is 1. The van der Waals surface area contributed by atoms with Gasteiger partial charge in [0.2, 0.25) is 0 Å². The quantitative estimate of drug-likeness (QED) is 0.732. The van der Waals surface area contributed by atoms with E-state index in [1.54, 1.807) is 7.11 Å². The molecule has 1 aromatic rings. The van der Waals surface area contributed by atoms with E-state index >= 15 is 0 Å². The molecule has 0 fully saturated rings. The van der Waals surface area contributed by atoms with Crippen molar-refractivity contribution in [3.8, 4) is 5.75 Å². The van der Waals surface area contributed by atoms with Gasteiger partial charge in [-0.25, -0.2) is 0 Å². The molecule has 2 atom stereocenters. The maximum absolute atomic E-state index is 6.92. The van der Waals surface area contributed by atoms with E-state index in [0.717, 1.165) is 24.3 Å². The summed E-state index contributed by atoms with van der Waals surface area (Å²) in [7, 11) is 5.85.